The highest BCUT2D eigenvalue weighted by molar-refractivity contribution is 6.25. The molecule has 0 saturated heterocycles. The average Bonchev–Trinajstić information content (AvgIpc) is 3.01. The maximum absolute atomic E-state index is 4.87. The van der Waals surface area contributed by atoms with Gasteiger partial charge in [0.1, 0.15) is 0 Å². The Bertz CT molecular complexity index is 627. The topological polar surface area (TPSA) is 12.4 Å². The highest BCUT2D eigenvalue weighted by Gasteiger charge is 2.26. The maximum atomic E-state index is 4.87. The van der Waals surface area contributed by atoms with E-state index in [0.29, 0.717) is 0 Å². The third kappa shape index (κ3) is 2.29. The van der Waals surface area contributed by atoms with Crippen LogP contribution < -0.4 is 0 Å². The first-order valence-corrected chi connectivity index (χ1v) is 7.63. The predicted molar refractivity (Wildman–Crippen MR) is 86.8 cm³/mol. The van der Waals surface area contributed by atoms with Crippen molar-refractivity contribution in [1.29, 1.82) is 0 Å². The van der Waals surface area contributed by atoms with Crippen molar-refractivity contribution < 1.29 is 0 Å². The minimum Gasteiger partial charge on any atom is -0.253 e. The largest absolute Gasteiger partial charge is 0.253 e. The summed E-state index contributed by atoms with van der Waals surface area (Å²) in [5, 5.41) is 0. The molecule has 0 aromatic heterocycles. The molecule has 0 N–H and O–H groups in total. The van der Waals surface area contributed by atoms with Gasteiger partial charge in [-0.3, -0.25) is 4.99 Å². The quantitative estimate of drug-likeness (QED) is 0.682. The number of allylic oxidation sites excluding steroid dienone is 6. The Balaban J connectivity index is 2.04. The van der Waals surface area contributed by atoms with Crippen LogP contribution in [0.4, 0.5) is 0 Å². The van der Waals surface area contributed by atoms with E-state index in [9.17, 15) is 0 Å². The fourth-order valence-corrected chi connectivity index (χ4v) is 2.94. The molecule has 0 saturated carbocycles. The van der Waals surface area contributed by atoms with Crippen molar-refractivity contribution in [3.05, 3.63) is 64.9 Å². The van der Waals surface area contributed by atoms with Crippen LogP contribution in [0.5, 0.6) is 0 Å². The summed E-state index contributed by atoms with van der Waals surface area (Å²) in [5.74, 6) is 0. The van der Waals surface area contributed by atoms with Gasteiger partial charge in [-0.1, -0.05) is 57.0 Å². The molecule has 0 bridgehead atoms. The van der Waals surface area contributed by atoms with E-state index < -0.39 is 0 Å². The number of hydrogen-bond donors (Lipinski definition) is 0. The Labute approximate surface area is 121 Å². The van der Waals surface area contributed by atoms with Gasteiger partial charge in [0.25, 0.3) is 0 Å². The van der Waals surface area contributed by atoms with Gasteiger partial charge in [-0.25, -0.2) is 0 Å². The summed E-state index contributed by atoms with van der Waals surface area (Å²) in [6.45, 7) is 4.45. The number of hydrogen-bond acceptors (Lipinski definition) is 1. The first-order valence-electron chi connectivity index (χ1n) is 7.63. The summed E-state index contributed by atoms with van der Waals surface area (Å²) in [4.78, 5) is 4.87. The molecule has 0 fully saturated rings. The number of aliphatic imine (C=N–C) groups is 1. The van der Waals surface area contributed by atoms with Crippen molar-refractivity contribution in [1.82, 2.24) is 0 Å². The van der Waals surface area contributed by atoms with Gasteiger partial charge in [0.15, 0.2) is 0 Å². The zero-order chi connectivity index (χ0) is 13.9. The Morgan fingerprint density at radius 3 is 2.30 bits per heavy atom. The lowest BCUT2D eigenvalue weighted by Crippen LogP contribution is -1.97. The molecule has 0 spiro atoms. The third-order valence-corrected chi connectivity index (χ3v) is 3.84. The van der Waals surface area contributed by atoms with Crippen LogP contribution in [0.25, 0.3) is 5.57 Å². The Morgan fingerprint density at radius 2 is 1.60 bits per heavy atom. The third-order valence-electron chi connectivity index (χ3n) is 3.84. The molecule has 1 heteroatoms. The summed E-state index contributed by atoms with van der Waals surface area (Å²) >= 11 is 0. The maximum Gasteiger partial charge on any atom is 0.0744 e. The molecular formula is C19H21N. The van der Waals surface area contributed by atoms with Crippen molar-refractivity contribution in [2.75, 3.05) is 0 Å². The van der Waals surface area contributed by atoms with E-state index in [1.807, 2.05) is 0 Å². The van der Waals surface area contributed by atoms with Crippen molar-refractivity contribution in [2.45, 2.75) is 39.5 Å². The van der Waals surface area contributed by atoms with Gasteiger partial charge in [-0.15, -0.1) is 0 Å². The van der Waals surface area contributed by atoms with Gasteiger partial charge < -0.3 is 0 Å². The molecule has 0 radical (unpaired) electrons. The summed E-state index contributed by atoms with van der Waals surface area (Å²) in [6.07, 6.45) is 9.15. The second-order valence-electron chi connectivity index (χ2n) is 5.46. The molecular weight excluding hydrogens is 242 g/mol. The lowest BCUT2D eigenvalue weighted by molar-refractivity contribution is 0.895. The van der Waals surface area contributed by atoms with Crippen LogP contribution in [0.2, 0.25) is 0 Å². The van der Waals surface area contributed by atoms with E-state index in [2.05, 4.69) is 56.3 Å². The average molecular weight is 263 g/mol. The second-order valence-corrected chi connectivity index (χ2v) is 5.46. The van der Waals surface area contributed by atoms with Crippen LogP contribution in [-0.2, 0) is 0 Å². The van der Waals surface area contributed by atoms with Gasteiger partial charge in [0.05, 0.1) is 5.71 Å². The normalized spacial score (nSPS) is 17.0. The van der Waals surface area contributed by atoms with Crippen molar-refractivity contribution >= 4 is 11.3 Å². The van der Waals surface area contributed by atoms with Crippen LogP contribution in [0.1, 0.15) is 45.1 Å². The first-order chi connectivity index (χ1) is 9.83. The van der Waals surface area contributed by atoms with Crippen LogP contribution in [0, 0.1) is 0 Å². The van der Waals surface area contributed by atoms with Crippen molar-refractivity contribution in [2.24, 2.45) is 4.99 Å². The first kappa shape index (κ1) is 13.1. The molecule has 0 unspecified atom stereocenters. The molecule has 1 aromatic carbocycles. The van der Waals surface area contributed by atoms with Crippen molar-refractivity contribution in [3.63, 3.8) is 0 Å². The molecule has 1 aliphatic heterocycles. The van der Waals surface area contributed by atoms with Crippen LogP contribution in [0.3, 0.4) is 0 Å². The molecule has 1 heterocycles. The van der Waals surface area contributed by atoms with E-state index in [-0.39, 0.29) is 0 Å². The summed E-state index contributed by atoms with van der Waals surface area (Å²) < 4.78 is 0. The van der Waals surface area contributed by atoms with E-state index in [1.54, 1.807) is 0 Å². The molecule has 3 rings (SSSR count). The molecule has 0 amide bonds. The molecule has 0 atom stereocenters. The number of nitrogens with zero attached hydrogens (tertiary/aromatic N) is 1. The number of rotatable bonds is 5. The summed E-state index contributed by atoms with van der Waals surface area (Å²) in [6, 6.07) is 10.7. The summed E-state index contributed by atoms with van der Waals surface area (Å²) in [7, 11) is 0. The van der Waals surface area contributed by atoms with E-state index >= 15 is 0 Å². The Hall–Kier alpha value is -1.89. The van der Waals surface area contributed by atoms with Crippen LogP contribution >= 0.6 is 0 Å². The van der Waals surface area contributed by atoms with Crippen LogP contribution in [0.15, 0.2) is 64.3 Å². The lowest BCUT2D eigenvalue weighted by atomic mass is 10.0. The fourth-order valence-electron chi connectivity index (χ4n) is 2.94. The molecule has 1 aromatic rings. The fraction of sp³-hybridized carbons (Fsp3) is 0.316. The number of benzene rings is 1. The minimum absolute atomic E-state index is 1.08. The molecule has 1 aliphatic carbocycles. The SMILES string of the molecule is CCCC1=CC2=C(c3ccccc3)C=C(CCC)C2=N1. The van der Waals surface area contributed by atoms with Gasteiger partial charge in [-0.05, 0) is 41.7 Å². The van der Waals surface area contributed by atoms with E-state index in [0.717, 1.165) is 19.3 Å². The highest BCUT2D eigenvalue weighted by Crippen LogP contribution is 2.38. The number of fused-ring (bicyclic) bond motifs is 1. The van der Waals surface area contributed by atoms with Crippen molar-refractivity contribution in [3.8, 4) is 0 Å². The summed E-state index contributed by atoms with van der Waals surface area (Å²) in [5.41, 5.74) is 7.86. The smallest absolute Gasteiger partial charge is 0.0744 e. The Morgan fingerprint density at radius 1 is 0.850 bits per heavy atom. The molecule has 1 nitrogen and oxygen atoms in total. The zero-order valence-electron chi connectivity index (χ0n) is 12.3. The monoisotopic (exact) mass is 263 g/mol. The Kier molecular flexibility index (Phi) is 3.68. The van der Waals surface area contributed by atoms with Gasteiger partial charge in [0, 0.05) is 11.3 Å². The standard InChI is InChI=1S/C19H21N/c1-3-8-15-12-17(14-10-6-5-7-11-14)18-13-16(9-4-2)20-19(15)18/h5-7,10-13H,3-4,8-9H2,1-2H3. The van der Waals surface area contributed by atoms with Crippen LogP contribution in [-0.4, -0.2) is 5.71 Å². The molecule has 102 valence electrons. The predicted octanol–water partition coefficient (Wildman–Crippen LogP) is 5.32. The van der Waals surface area contributed by atoms with Gasteiger partial charge in [0.2, 0.25) is 0 Å². The van der Waals surface area contributed by atoms with E-state index in [1.165, 1.54) is 40.1 Å². The van der Waals surface area contributed by atoms with Gasteiger partial charge >= 0.3 is 0 Å². The lowest BCUT2D eigenvalue weighted by Gasteiger charge is -2.01. The van der Waals surface area contributed by atoms with E-state index in [4.69, 9.17) is 4.99 Å². The molecule has 2 aliphatic rings. The minimum atomic E-state index is 1.08. The highest BCUT2D eigenvalue weighted by atomic mass is 14.8. The zero-order valence-corrected chi connectivity index (χ0v) is 12.3. The second kappa shape index (κ2) is 5.62. The van der Waals surface area contributed by atoms with Gasteiger partial charge in [-0.2, -0.15) is 0 Å². The molecule has 20 heavy (non-hydrogen) atoms.